The van der Waals surface area contributed by atoms with Crippen LogP contribution in [0.15, 0.2) is 18.2 Å². The van der Waals surface area contributed by atoms with Gasteiger partial charge in [0.05, 0.1) is 0 Å². The van der Waals surface area contributed by atoms with E-state index in [0.717, 1.165) is 12.5 Å². The molecule has 0 saturated heterocycles. The van der Waals surface area contributed by atoms with Gasteiger partial charge in [0.2, 0.25) is 0 Å². The van der Waals surface area contributed by atoms with Crippen molar-refractivity contribution in [3.63, 3.8) is 0 Å². The Morgan fingerprint density at radius 3 is 2.05 bits per heavy atom. The third-order valence-electron chi connectivity index (χ3n) is 4.85. The molecule has 1 aliphatic rings. The molecule has 0 unspecified atom stereocenters. The second kappa shape index (κ2) is 4.94. The van der Waals surface area contributed by atoms with Gasteiger partial charge in [0, 0.05) is 12.0 Å². The number of aryl methyl sites for hydroxylation is 2. The lowest BCUT2D eigenvalue weighted by Crippen LogP contribution is -2.51. The lowest BCUT2D eigenvalue weighted by Gasteiger charge is -2.53. The van der Waals surface area contributed by atoms with Gasteiger partial charge in [0.1, 0.15) is 0 Å². The molecule has 1 N–H and O–H groups in total. The van der Waals surface area contributed by atoms with Crippen LogP contribution in [-0.4, -0.2) is 13.6 Å². The molecule has 1 saturated carbocycles. The van der Waals surface area contributed by atoms with Gasteiger partial charge >= 0.3 is 0 Å². The largest absolute Gasteiger partial charge is 0.319 e. The highest BCUT2D eigenvalue weighted by Gasteiger charge is 2.48. The molecule has 0 atom stereocenters. The molecule has 1 fully saturated rings. The van der Waals surface area contributed by atoms with E-state index in [2.05, 4.69) is 65.2 Å². The van der Waals surface area contributed by atoms with Gasteiger partial charge in [-0.1, -0.05) is 50.1 Å². The Kier molecular flexibility index (Phi) is 3.79. The average molecular weight is 259 g/mol. The smallest absolute Gasteiger partial charge is 0.00835 e. The van der Waals surface area contributed by atoms with Gasteiger partial charge in [-0.3, -0.25) is 0 Å². The summed E-state index contributed by atoms with van der Waals surface area (Å²) < 4.78 is 0. The van der Waals surface area contributed by atoms with Crippen LogP contribution in [0.4, 0.5) is 0 Å². The molecule has 2 rings (SSSR count). The van der Waals surface area contributed by atoms with Crippen LogP contribution in [0.2, 0.25) is 0 Å². The Balaban J connectivity index is 2.27. The standard InChI is InChI=1S/C18H29N/c1-13-7-14(2)9-15(8-13)18(12-19-6)10-16(11-18)17(3,4)5/h7-9,16,19H,10-12H2,1-6H3. The number of likely N-dealkylation sites (N-methyl/N-ethyl adjacent to an activating group) is 1. The van der Waals surface area contributed by atoms with Gasteiger partial charge in [-0.25, -0.2) is 0 Å². The second-order valence-corrected chi connectivity index (χ2v) is 7.66. The van der Waals surface area contributed by atoms with E-state index < -0.39 is 0 Å². The molecular weight excluding hydrogens is 230 g/mol. The van der Waals surface area contributed by atoms with E-state index in [1.807, 2.05) is 0 Å². The van der Waals surface area contributed by atoms with Gasteiger partial charge in [-0.2, -0.15) is 0 Å². The molecule has 1 aromatic rings. The average Bonchev–Trinajstić information content (AvgIpc) is 2.19. The van der Waals surface area contributed by atoms with E-state index in [0.29, 0.717) is 10.8 Å². The first-order valence-corrected chi connectivity index (χ1v) is 7.50. The number of rotatable bonds is 3. The van der Waals surface area contributed by atoms with Crippen molar-refractivity contribution < 1.29 is 0 Å². The Morgan fingerprint density at radius 1 is 1.11 bits per heavy atom. The SMILES string of the molecule is CNCC1(c2cc(C)cc(C)c2)CC(C(C)(C)C)C1. The van der Waals surface area contributed by atoms with Gasteiger partial charge < -0.3 is 5.32 Å². The molecule has 0 radical (unpaired) electrons. The molecular formula is C18H29N. The fourth-order valence-corrected chi connectivity index (χ4v) is 3.60. The van der Waals surface area contributed by atoms with Gasteiger partial charge in [0.25, 0.3) is 0 Å². The second-order valence-electron chi connectivity index (χ2n) is 7.66. The highest BCUT2D eigenvalue weighted by molar-refractivity contribution is 5.37. The lowest BCUT2D eigenvalue weighted by molar-refractivity contribution is 0.0460. The van der Waals surface area contributed by atoms with E-state index in [9.17, 15) is 0 Å². The summed E-state index contributed by atoms with van der Waals surface area (Å²) in [7, 11) is 2.08. The minimum atomic E-state index is 0.365. The highest BCUT2D eigenvalue weighted by atomic mass is 14.8. The summed E-state index contributed by atoms with van der Waals surface area (Å²) in [6, 6.07) is 7.06. The summed E-state index contributed by atoms with van der Waals surface area (Å²) in [5.41, 5.74) is 5.13. The Hall–Kier alpha value is -0.820. The summed E-state index contributed by atoms with van der Waals surface area (Å²) in [4.78, 5) is 0. The molecule has 0 bridgehead atoms. The van der Waals surface area contributed by atoms with E-state index in [1.165, 1.54) is 24.0 Å². The summed E-state index contributed by atoms with van der Waals surface area (Å²) >= 11 is 0. The van der Waals surface area contributed by atoms with E-state index in [4.69, 9.17) is 0 Å². The molecule has 0 spiro atoms. The molecule has 0 amide bonds. The monoisotopic (exact) mass is 259 g/mol. The maximum Gasteiger partial charge on any atom is 0.00835 e. The lowest BCUT2D eigenvalue weighted by atomic mass is 9.52. The van der Waals surface area contributed by atoms with Crippen LogP contribution in [0.1, 0.15) is 50.3 Å². The van der Waals surface area contributed by atoms with E-state index in [-0.39, 0.29) is 0 Å². The predicted molar refractivity (Wildman–Crippen MR) is 83.7 cm³/mol. The fourth-order valence-electron chi connectivity index (χ4n) is 3.60. The van der Waals surface area contributed by atoms with Gasteiger partial charge in [-0.05, 0) is 50.6 Å². The molecule has 0 heterocycles. The van der Waals surface area contributed by atoms with Gasteiger partial charge in [0.15, 0.2) is 0 Å². The normalized spacial score (nSPS) is 27.2. The van der Waals surface area contributed by atoms with Crippen LogP contribution < -0.4 is 5.32 Å². The molecule has 1 nitrogen and oxygen atoms in total. The third-order valence-corrected chi connectivity index (χ3v) is 4.85. The zero-order valence-electron chi connectivity index (χ0n) is 13.4. The molecule has 1 aliphatic carbocycles. The van der Waals surface area contributed by atoms with Crippen LogP contribution in [0.5, 0.6) is 0 Å². The fraction of sp³-hybridized carbons (Fsp3) is 0.667. The molecule has 0 aliphatic heterocycles. The van der Waals surface area contributed by atoms with Crippen LogP contribution in [-0.2, 0) is 5.41 Å². The van der Waals surface area contributed by atoms with Crippen LogP contribution in [0, 0.1) is 25.2 Å². The van der Waals surface area contributed by atoms with Crippen molar-refractivity contribution in [2.75, 3.05) is 13.6 Å². The maximum absolute atomic E-state index is 3.42. The summed E-state index contributed by atoms with van der Waals surface area (Å²) in [6.07, 6.45) is 2.64. The van der Waals surface area contributed by atoms with E-state index >= 15 is 0 Å². The van der Waals surface area contributed by atoms with Crippen molar-refractivity contribution in [3.05, 3.63) is 34.9 Å². The van der Waals surface area contributed by atoms with Crippen molar-refractivity contribution in [3.8, 4) is 0 Å². The zero-order chi connectivity index (χ0) is 14.3. The van der Waals surface area contributed by atoms with Crippen molar-refractivity contribution in [2.24, 2.45) is 11.3 Å². The minimum Gasteiger partial charge on any atom is -0.319 e. The Bertz CT molecular complexity index is 427. The zero-order valence-corrected chi connectivity index (χ0v) is 13.4. The number of benzene rings is 1. The van der Waals surface area contributed by atoms with Crippen LogP contribution in [0.3, 0.4) is 0 Å². The molecule has 1 heteroatoms. The van der Waals surface area contributed by atoms with Crippen LogP contribution >= 0.6 is 0 Å². The first-order valence-electron chi connectivity index (χ1n) is 7.50. The summed E-state index contributed by atoms with van der Waals surface area (Å²) in [6.45, 7) is 12.7. The predicted octanol–water partition coefficient (Wildman–Crippen LogP) is 4.22. The number of hydrogen-bond donors (Lipinski definition) is 1. The first-order chi connectivity index (χ1) is 8.77. The topological polar surface area (TPSA) is 12.0 Å². The summed E-state index contributed by atoms with van der Waals surface area (Å²) in [5, 5.41) is 3.42. The molecule has 19 heavy (non-hydrogen) atoms. The first kappa shape index (κ1) is 14.6. The minimum absolute atomic E-state index is 0.365. The molecule has 106 valence electrons. The van der Waals surface area contributed by atoms with Crippen molar-refractivity contribution in [2.45, 2.75) is 52.9 Å². The van der Waals surface area contributed by atoms with Crippen LogP contribution in [0.25, 0.3) is 0 Å². The quantitative estimate of drug-likeness (QED) is 0.857. The Morgan fingerprint density at radius 2 is 1.63 bits per heavy atom. The van der Waals surface area contributed by atoms with Crippen molar-refractivity contribution >= 4 is 0 Å². The Labute approximate surface area is 118 Å². The summed E-state index contributed by atoms with van der Waals surface area (Å²) in [5.74, 6) is 0.849. The number of nitrogens with one attached hydrogen (secondary N) is 1. The van der Waals surface area contributed by atoms with Crippen molar-refractivity contribution in [1.82, 2.24) is 5.32 Å². The van der Waals surface area contributed by atoms with Crippen molar-refractivity contribution in [1.29, 1.82) is 0 Å². The maximum atomic E-state index is 3.42. The number of hydrogen-bond acceptors (Lipinski definition) is 1. The molecule has 1 aromatic carbocycles. The highest BCUT2D eigenvalue weighted by Crippen LogP contribution is 2.54. The third kappa shape index (κ3) is 2.86. The molecule has 0 aromatic heterocycles. The van der Waals surface area contributed by atoms with Gasteiger partial charge in [-0.15, -0.1) is 0 Å². The van der Waals surface area contributed by atoms with E-state index in [1.54, 1.807) is 5.56 Å².